The van der Waals surface area contributed by atoms with Gasteiger partial charge < -0.3 is 14.9 Å². The summed E-state index contributed by atoms with van der Waals surface area (Å²) in [6, 6.07) is 2.90. The highest BCUT2D eigenvalue weighted by Crippen LogP contribution is 2.43. The predicted molar refractivity (Wildman–Crippen MR) is 52.7 cm³/mol. The standard InChI is InChI=1S/C11H12O3/c1-6(2)10-5-7-8(12)3-4-9(13)11(7)14-10/h3-4,10,12-13H,1,5H2,2H3. The minimum Gasteiger partial charge on any atom is -0.508 e. The normalized spacial score (nSPS) is 18.8. The van der Waals surface area contributed by atoms with Gasteiger partial charge in [0.1, 0.15) is 11.9 Å². The number of fused-ring (bicyclic) bond motifs is 1. The third-order valence-corrected chi connectivity index (χ3v) is 2.41. The highest BCUT2D eigenvalue weighted by molar-refractivity contribution is 5.55. The number of phenols is 2. The molecule has 0 radical (unpaired) electrons. The van der Waals surface area contributed by atoms with Crippen LogP contribution in [0.1, 0.15) is 12.5 Å². The van der Waals surface area contributed by atoms with Crippen LogP contribution in [0.25, 0.3) is 0 Å². The predicted octanol–water partition coefficient (Wildman–Crippen LogP) is 1.98. The Hall–Kier alpha value is -1.64. The number of hydrogen-bond acceptors (Lipinski definition) is 3. The highest BCUT2D eigenvalue weighted by Gasteiger charge is 2.28. The van der Waals surface area contributed by atoms with Crippen molar-refractivity contribution in [3.05, 3.63) is 29.8 Å². The Kier molecular flexibility index (Phi) is 1.88. The lowest BCUT2D eigenvalue weighted by molar-refractivity contribution is 0.260. The molecule has 0 bridgehead atoms. The zero-order valence-electron chi connectivity index (χ0n) is 7.95. The van der Waals surface area contributed by atoms with Crippen LogP contribution in [-0.2, 0) is 6.42 Å². The second-order valence-electron chi connectivity index (χ2n) is 3.57. The Bertz CT molecular complexity index is 365. The van der Waals surface area contributed by atoms with E-state index in [-0.39, 0.29) is 17.6 Å². The monoisotopic (exact) mass is 192 g/mol. The van der Waals surface area contributed by atoms with Crippen LogP contribution >= 0.6 is 0 Å². The Balaban J connectivity index is 2.43. The third kappa shape index (κ3) is 1.21. The van der Waals surface area contributed by atoms with Crippen molar-refractivity contribution in [3.63, 3.8) is 0 Å². The summed E-state index contributed by atoms with van der Waals surface area (Å²) in [6.07, 6.45) is 0.439. The maximum Gasteiger partial charge on any atom is 0.168 e. The van der Waals surface area contributed by atoms with Crippen LogP contribution in [0.3, 0.4) is 0 Å². The molecule has 3 nitrogen and oxygen atoms in total. The van der Waals surface area contributed by atoms with Crippen molar-refractivity contribution >= 4 is 0 Å². The molecule has 14 heavy (non-hydrogen) atoms. The summed E-state index contributed by atoms with van der Waals surface area (Å²) in [5, 5.41) is 19.0. The van der Waals surface area contributed by atoms with Gasteiger partial charge in [-0.25, -0.2) is 0 Å². The van der Waals surface area contributed by atoms with E-state index >= 15 is 0 Å². The van der Waals surface area contributed by atoms with Gasteiger partial charge in [0.2, 0.25) is 0 Å². The van der Waals surface area contributed by atoms with Crippen molar-refractivity contribution in [3.8, 4) is 17.2 Å². The minimum absolute atomic E-state index is 0.0709. The van der Waals surface area contributed by atoms with E-state index < -0.39 is 0 Å². The fourth-order valence-corrected chi connectivity index (χ4v) is 1.58. The quantitative estimate of drug-likeness (QED) is 0.528. The van der Waals surface area contributed by atoms with Gasteiger partial charge in [-0.1, -0.05) is 6.58 Å². The van der Waals surface area contributed by atoms with E-state index in [2.05, 4.69) is 6.58 Å². The molecule has 0 saturated heterocycles. The van der Waals surface area contributed by atoms with Crippen LogP contribution in [-0.4, -0.2) is 16.3 Å². The van der Waals surface area contributed by atoms with Crippen LogP contribution in [0.5, 0.6) is 17.2 Å². The van der Waals surface area contributed by atoms with E-state index in [9.17, 15) is 10.2 Å². The summed E-state index contributed by atoms with van der Waals surface area (Å²) in [5.41, 5.74) is 1.55. The fourth-order valence-electron chi connectivity index (χ4n) is 1.58. The van der Waals surface area contributed by atoms with E-state index in [1.54, 1.807) is 0 Å². The SMILES string of the molecule is C=C(C)C1Cc2c(O)ccc(O)c2O1. The summed E-state index contributed by atoms with van der Waals surface area (Å²) in [4.78, 5) is 0. The Morgan fingerprint density at radius 2 is 2.07 bits per heavy atom. The molecular weight excluding hydrogens is 180 g/mol. The van der Waals surface area contributed by atoms with Crippen LogP contribution < -0.4 is 4.74 Å². The zero-order valence-corrected chi connectivity index (χ0v) is 7.95. The van der Waals surface area contributed by atoms with Gasteiger partial charge in [0.05, 0.1) is 0 Å². The van der Waals surface area contributed by atoms with Gasteiger partial charge >= 0.3 is 0 Å². The number of phenolic OH excluding ortho intramolecular Hbond substituents is 2. The molecule has 0 amide bonds. The topological polar surface area (TPSA) is 49.7 Å². The van der Waals surface area contributed by atoms with Crippen LogP contribution in [0.15, 0.2) is 24.3 Å². The van der Waals surface area contributed by atoms with Crippen molar-refractivity contribution in [2.75, 3.05) is 0 Å². The number of rotatable bonds is 1. The maximum absolute atomic E-state index is 9.53. The molecule has 1 atom stereocenters. The maximum atomic E-state index is 9.53. The number of aromatic hydroxyl groups is 2. The van der Waals surface area contributed by atoms with E-state index in [1.165, 1.54) is 12.1 Å². The lowest BCUT2D eigenvalue weighted by Crippen LogP contribution is -2.13. The van der Waals surface area contributed by atoms with Crippen LogP contribution in [0, 0.1) is 0 Å². The molecule has 1 unspecified atom stereocenters. The lowest BCUT2D eigenvalue weighted by Gasteiger charge is -2.09. The van der Waals surface area contributed by atoms with Gasteiger partial charge in [0, 0.05) is 12.0 Å². The van der Waals surface area contributed by atoms with Gasteiger partial charge in [0.25, 0.3) is 0 Å². The van der Waals surface area contributed by atoms with Crippen molar-refractivity contribution in [1.82, 2.24) is 0 Å². The molecule has 0 aliphatic carbocycles. The molecule has 1 aromatic rings. The van der Waals surface area contributed by atoms with Gasteiger partial charge in [-0.05, 0) is 24.6 Å². The van der Waals surface area contributed by atoms with Crippen LogP contribution in [0.2, 0.25) is 0 Å². The summed E-state index contributed by atoms with van der Waals surface area (Å²) in [6.45, 7) is 5.66. The number of hydrogen-bond donors (Lipinski definition) is 2. The minimum atomic E-state index is -0.135. The second-order valence-corrected chi connectivity index (χ2v) is 3.57. The second kappa shape index (κ2) is 2.94. The van der Waals surface area contributed by atoms with Gasteiger partial charge in [0.15, 0.2) is 11.5 Å². The summed E-state index contributed by atoms with van der Waals surface area (Å²) < 4.78 is 5.47. The average Bonchev–Trinajstić information content (AvgIpc) is 2.57. The van der Waals surface area contributed by atoms with Gasteiger partial charge in [-0.15, -0.1) is 0 Å². The molecular formula is C11H12O3. The highest BCUT2D eigenvalue weighted by atomic mass is 16.5. The first-order chi connectivity index (χ1) is 6.59. The zero-order chi connectivity index (χ0) is 10.3. The summed E-state index contributed by atoms with van der Waals surface area (Å²) >= 11 is 0. The van der Waals surface area contributed by atoms with Crippen LogP contribution in [0.4, 0.5) is 0 Å². The van der Waals surface area contributed by atoms with Crippen molar-refractivity contribution < 1.29 is 14.9 Å². The van der Waals surface area contributed by atoms with Gasteiger partial charge in [-0.3, -0.25) is 0 Å². The van der Waals surface area contributed by atoms with E-state index in [0.29, 0.717) is 17.7 Å². The smallest absolute Gasteiger partial charge is 0.168 e. The average molecular weight is 192 g/mol. The van der Waals surface area contributed by atoms with Gasteiger partial charge in [-0.2, -0.15) is 0 Å². The molecule has 2 rings (SSSR count). The van der Waals surface area contributed by atoms with Crippen molar-refractivity contribution in [1.29, 1.82) is 0 Å². The molecule has 0 fully saturated rings. The Morgan fingerprint density at radius 3 is 2.64 bits per heavy atom. The molecule has 1 heterocycles. The fraction of sp³-hybridized carbons (Fsp3) is 0.273. The molecule has 1 aromatic carbocycles. The Labute approximate surface area is 82.3 Å². The molecule has 1 aliphatic heterocycles. The first-order valence-corrected chi connectivity index (χ1v) is 4.45. The first-order valence-electron chi connectivity index (χ1n) is 4.45. The Morgan fingerprint density at radius 1 is 1.43 bits per heavy atom. The first kappa shape index (κ1) is 8.94. The molecule has 0 aromatic heterocycles. The number of benzene rings is 1. The third-order valence-electron chi connectivity index (χ3n) is 2.41. The number of ether oxygens (including phenoxy) is 1. The molecule has 74 valence electrons. The lowest BCUT2D eigenvalue weighted by atomic mass is 10.1. The largest absolute Gasteiger partial charge is 0.508 e. The summed E-state index contributed by atoms with van der Waals surface area (Å²) in [5.74, 6) is 0.626. The molecule has 2 N–H and O–H groups in total. The van der Waals surface area contributed by atoms with Crippen molar-refractivity contribution in [2.45, 2.75) is 19.4 Å². The molecule has 1 aliphatic rings. The molecule has 0 spiro atoms. The van der Waals surface area contributed by atoms with E-state index in [1.807, 2.05) is 6.92 Å². The molecule has 3 heteroatoms. The molecule has 0 saturated carbocycles. The van der Waals surface area contributed by atoms with E-state index in [4.69, 9.17) is 4.74 Å². The summed E-state index contributed by atoms with van der Waals surface area (Å²) in [7, 11) is 0. The van der Waals surface area contributed by atoms with E-state index in [0.717, 1.165) is 5.57 Å². The van der Waals surface area contributed by atoms with Crippen molar-refractivity contribution in [2.24, 2.45) is 0 Å².